The predicted octanol–water partition coefficient (Wildman–Crippen LogP) is 1.13. The third-order valence-corrected chi connectivity index (χ3v) is 3.04. The molecule has 84 valence electrons. The summed E-state index contributed by atoms with van der Waals surface area (Å²) in [6.07, 6.45) is 1.21. The Morgan fingerprint density at radius 1 is 1.67 bits per heavy atom. The summed E-state index contributed by atoms with van der Waals surface area (Å²) in [5.74, 6) is -0.882. The van der Waals surface area contributed by atoms with Crippen molar-refractivity contribution in [2.45, 2.75) is 17.3 Å². The van der Waals surface area contributed by atoms with Gasteiger partial charge in [0, 0.05) is 18.1 Å². The van der Waals surface area contributed by atoms with E-state index in [0.29, 0.717) is 0 Å². The van der Waals surface area contributed by atoms with Gasteiger partial charge < -0.3 is 0 Å². The smallest absolute Gasteiger partial charge is 0.241 e. The monoisotopic (exact) mass is 252 g/mol. The highest BCUT2D eigenvalue weighted by Crippen LogP contribution is 2.09. The SMILES string of the molecule is CC(Cl)CNS(=O)(=O)c1ncccc1F. The standard InChI is InChI=1S/C8H10ClFN2O2S/c1-6(9)5-12-15(13,14)8-7(10)3-2-4-11-8/h2-4,6,12H,5H2,1H3. The molecule has 0 fully saturated rings. The van der Waals surface area contributed by atoms with E-state index >= 15 is 0 Å². The molecule has 1 atom stereocenters. The number of hydrogen-bond donors (Lipinski definition) is 1. The zero-order valence-electron chi connectivity index (χ0n) is 7.94. The lowest BCUT2D eigenvalue weighted by Crippen LogP contribution is -2.30. The molecule has 1 aromatic rings. The second kappa shape index (κ2) is 4.87. The molecule has 0 saturated carbocycles. The molecule has 0 aliphatic rings. The van der Waals surface area contributed by atoms with Gasteiger partial charge in [0.15, 0.2) is 5.82 Å². The van der Waals surface area contributed by atoms with Crippen LogP contribution in [0.4, 0.5) is 4.39 Å². The van der Waals surface area contributed by atoms with Crippen LogP contribution in [-0.2, 0) is 10.0 Å². The van der Waals surface area contributed by atoms with E-state index in [2.05, 4.69) is 9.71 Å². The van der Waals surface area contributed by atoms with Gasteiger partial charge in [0.1, 0.15) is 0 Å². The van der Waals surface area contributed by atoms with Gasteiger partial charge in [0.2, 0.25) is 5.03 Å². The van der Waals surface area contributed by atoms with Crippen molar-refractivity contribution in [3.63, 3.8) is 0 Å². The molecule has 1 unspecified atom stereocenters. The van der Waals surface area contributed by atoms with E-state index in [1.165, 1.54) is 12.3 Å². The van der Waals surface area contributed by atoms with Crippen molar-refractivity contribution < 1.29 is 12.8 Å². The Hall–Kier alpha value is -0.720. The van der Waals surface area contributed by atoms with Gasteiger partial charge in [0.05, 0.1) is 0 Å². The van der Waals surface area contributed by atoms with Crippen LogP contribution < -0.4 is 4.72 Å². The molecule has 15 heavy (non-hydrogen) atoms. The molecule has 0 radical (unpaired) electrons. The molecule has 4 nitrogen and oxygen atoms in total. The van der Waals surface area contributed by atoms with Crippen LogP contribution in [0.1, 0.15) is 6.92 Å². The first-order valence-corrected chi connectivity index (χ1v) is 6.09. The van der Waals surface area contributed by atoms with Crippen molar-refractivity contribution in [1.29, 1.82) is 0 Å². The largest absolute Gasteiger partial charge is 0.261 e. The fraction of sp³-hybridized carbons (Fsp3) is 0.375. The summed E-state index contributed by atoms with van der Waals surface area (Å²) in [7, 11) is -3.91. The number of nitrogens with zero attached hydrogens (tertiary/aromatic N) is 1. The first-order chi connectivity index (χ1) is 6.93. The summed E-state index contributed by atoms with van der Waals surface area (Å²) in [6.45, 7) is 1.65. The lowest BCUT2D eigenvalue weighted by molar-refractivity contribution is 0.544. The molecule has 0 aliphatic heterocycles. The summed E-state index contributed by atoms with van der Waals surface area (Å²) in [5.41, 5.74) is 0. The molecule has 7 heteroatoms. The minimum Gasteiger partial charge on any atom is -0.241 e. The van der Waals surface area contributed by atoms with Crippen molar-refractivity contribution in [1.82, 2.24) is 9.71 Å². The number of pyridine rings is 1. The van der Waals surface area contributed by atoms with Crippen LogP contribution in [0.25, 0.3) is 0 Å². The summed E-state index contributed by atoms with van der Waals surface area (Å²) in [4.78, 5) is 3.46. The predicted molar refractivity (Wildman–Crippen MR) is 54.7 cm³/mol. The van der Waals surface area contributed by atoms with Gasteiger partial charge in [-0.05, 0) is 19.1 Å². The highest BCUT2D eigenvalue weighted by molar-refractivity contribution is 7.89. The average molecular weight is 253 g/mol. The molecule has 0 amide bonds. The fourth-order valence-corrected chi connectivity index (χ4v) is 2.16. The summed E-state index contributed by atoms with van der Waals surface area (Å²) in [5, 5.41) is -0.978. The quantitative estimate of drug-likeness (QED) is 0.817. The van der Waals surface area contributed by atoms with E-state index in [-0.39, 0.29) is 11.9 Å². The number of nitrogens with one attached hydrogen (secondary N) is 1. The van der Waals surface area contributed by atoms with Gasteiger partial charge in [-0.3, -0.25) is 0 Å². The zero-order chi connectivity index (χ0) is 11.5. The van der Waals surface area contributed by atoms with Crippen molar-refractivity contribution in [3.05, 3.63) is 24.1 Å². The van der Waals surface area contributed by atoms with E-state index in [4.69, 9.17) is 11.6 Å². The molecule has 0 aliphatic carbocycles. The fourth-order valence-electron chi connectivity index (χ4n) is 0.862. The van der Waals surface area contributed by atoms with Crippen molar-refractivity contribution >= 4 is 21.6 Å². The molecule has 0 saturated heterocycles. The first-order valence-electron chi connectivity index (χ1n) is 4.18. The van der Waals surface area contributed by atoms with Gasteiger partial charge in [-0.25, -0.2) is 22.5 Å². The molecular formula is C8H10ClFN2O2S. The molecule has 1 N–H and O–H groups in total. The van der Waals surface area contributed by atoms with Crippen LogP contribution in [0.15, 0.2) is 23.4 Å². The summed E-state index contributed by atoms with van der Waals surface area (Å²) < 4.78 is 38.2. The molecule has 0 aromatic carbocycles. The second-order valence-electron chi connectivity index (χ2n) is 2.92. The Morgan fingerprint density at radius 3 is 2.87 bits per heavy atom. The third kappa shape index (κ3) is 3.40. The number of rotatable bonds is 4. The number of halogens is 2. The van der Waals surface area contributed by atoms with Gasteiger partial charge in [0.25, 0.3) is 10.0 Å². The lowest BCUT2D eigenvalue weighted by atomic mass is 10.5. The van der Waals surface area contributed by atoms with Gasteiger partial charge in [-0.15, -0.1) is 11.6 Å². The first kappa shape index (κ1) is 12.4. The van der Waals surface area contributed by atoms with Crippen LogP contribution in [0.5, 0.6) is 0 Å². The molecule has 1 aromatic heterocycles. The maximum absolute atomic E-state index is 13.1. The summed E-state index contributed by atoms with van der Waals surface area (Å²) >= 11 is 5.57. The maximum atomic E-state index is 13.1. The number of alkyl halides is 1. The number of hydrogen-bond acceptors (Lipinski definition) is 3. The van der Waals surface area contributed by atoms with Crippen LogP contribution >= 0.6 is 11.6 Å². The topological polar surface area (TPSA) is 59.1 Å². The zero-order valence-corrected chi connectivity index (χ0v) is 9.52. The Labute approximate surface area is 92.5 Å². The van der Waals surface area contributed by atoms with Crippen molar-refractivity contribution in [2.24, 2.45) is 0 Å². The van der Waals surface area contributed by atoms with Crippen LogP contribution in [0.2, 0.25) is 0 Å². The van der Waals surface area contributed by atoms with E-state index in [0.717, 1.165) is 6.07 Å². The van der Waals surface area contributed by atoms with E-state index in [9.17, 15) is 12.8 Å². The van der Waals surface area contributed by atoms with Crippen molar-refractivity contribution in [3.8, 4) is 0 Å². The Morgan fingerprint density at radius 2 is 2.33 bits per heavy atom. The van der Waals surface area contributed by atoms with E-state index in [1.54, 1.807) is 6.92 Å². The van der Waals surface area contributed by atoms with Crippen LogP contribution in [0, 0.1) is 5.82 Å². The van der Waals surface area contributed by atoms with Crippen molar-refractivity contribution in [2.75, 3.05) is 6.54 Å². The minimum absolute atomic E-state index is 0.0277. The maximum Gasteiger partial charge on any atom is 0.261 e. The minimum atomic E-state index is -3.91. The van der Waals surface area contributed by atoms with E-state index in [1.807, 2.05) is 0 Å². The van der Waals surface area contributed by atoms with Gasteiger partial charge in [-0.1, -0.05) is 0 Å². The normalized spacial score (nSPS) is 13.8. The number of aromatic nitrogens is 1. The van der Waals surface area contributed by atoms with Gasteiger partial charge in [-0.2, -0.15) is 0 Å². The number of sulfonamides is 1. The third-order valence-electron chi connectivity index (χ3n) is 1.53. The highest BCUT2D eigenvalue weighted by atomic mass is 35.5. The lowest BCUT2D eigenvalue weighted by Gasteiger charge is -2.07. The highest BCUT2D eigenvalue weighted by Gasteiger charge is 2.20. The molecule has 0 spiro atoms. The van der Waals surface area contributed by atoms with E-state index < -0.39 is 20.9 Å². The van der Waals surface area contributed by atoms with Crippen LogP contribution in [0.3, 0.4) is 0 Å². The Balaban J connectivity index is 2.92. The molecule has 1 rings (SSSR count). The Bertz CT molecular complexity index is 436. The molecule has 1 heterocycles. The molecule has 0 bridgehead atoms. The average Bonchev–Trinajstić information content (AvgIpc) is 2.15. The Kier molecular flexibility index (Phi) is 4.01. The van der Waals surface area contributed by atoms with Gasteiger partial charge >= 0.3 is 0 Å². The summed E-state index contributed by atoms with van der Waals surface area (Å²) in [6, 6.07) is 2.35. The second-order valence-corrected chi connectivity index (χ2v) is 5.35. The van der Waals surface area contributed by atoms with Crippen LogP contribution in [-0.4, -0.2) is 25.3 Å². The molecular weight excluding hydrogens is 243 g/mol.